The average molecular weight is 560 g/mol. The van der Waals surface area contributed by atoms with Crippen LogP contribution in [0.2, 0.25) is 0 Å². The van der Waals surface area contributed by atoms with Gasteiger partial charge in [0.2, 0.25) is 0 Å². The number of hydrogen-bond acceptors (Lipinski definition) is 6. The lowest BCUT2D eigenvalue weighted by molar-refractivity contribution is -0.274. The first-order valence-electron chi connectivity index (χ1n) is 12.4. The van der Waals surface area contributed by atoms with Gasteiger partial charge in [0.05, 0.1) is 16.1 Å². The van der Waals surface area contributed by atoms with Crippen molar-refractivity contribution in [3.63, 3.8) is 0 Å². The van der Waals surface area contributed by atoms with Crippen LogP contribution in [0.3, 0.4) is 0 Å². The van der Waals surface area contributed by atoms with Crippen molar-refractivity contribution in [2.75, 3.05) is 29.4 Å². The number of thiazole rings is 1. The molecule has 204 valence electrons. The molecule has 1 aliphatic heterocycles. The number of ether oxygens (including phenoxy) is 1. The summed E-state index contributed by atoms with van der Waals surface area (Å²) in [5.74, 6) is -1.81. The zero-order valence-corrected chi connectivity index (χ0v) is 21.5. The van der Waals surface area contributed by atoms with Crippen LogP contribution in [0, 0.1) is 11.7 Å². The molecular formula is C28H25F4N3O3S. The van der Waals surface area contributed by atoms with E-state index in [0.717, 1.165) is 16.8 Å². The Morgan fingerprint density at radius 1 is 1.10 bits per heavy atom. The number of alkyl halides is 3. The molecule has 0 saturated carbocycles. The van der Waals surface area contributed by atoms with E-state index in [4.69, 9.17) is 0 Å². The molecule has 1 fully saturated rings. The predicted octanol–water partition coefficient (Wildman–Crippen LogP) is 6.49. The smallest absolute Gasteiger partial charge is 0.481 e. The quantitative estimate of drug-likeness (QED) is 0.237. The summed E-state index contributed by atoms with van der Waals surface area (Å²) in [5, 5.41) is 9.98. The van der Waals surface area contributed by atoms with Crippen LogP contribution in [0.25, 0.3) is 10.2 Å². The number of nitrogens with zero attached hydrogens (tertiary/aromatic N) is 3. The van der Waals surface area contributed by atoms with Crippen molar-refractivity contribution < 1.29 is 32.2 Å². The Morgan fingerprint density at radius 2 is 1.87 bits per heavy atom. The number of fused-ring (bicyclic) bond motifs is 1. The van der Waals surface area contributed by atoms with E-state index in [2.05, 4.69) is 14.6 Å². The number of carboxylic acids is 1. The minimum atomic E-state index is -4.75. The van der Waals surface area contributed by atoms with Crippen LogP contribution >= 0.6 is 11.3 Å². The predicted molar refractivity (Wildman–Crippen MR) is 142 cm³/mol. The van der Waals surface area contributed by atoms with Crippen LogP contribution in [-0.4, -0.2) is 42.1 Å². The summed E-state index contributed by atoms with van der Waals surface area (Å²) < 4.78 is 56.3. The molecule has 1 atom stereocenters. The molecule has 0 aliphatic carbocycles. The molecule has 0 unspecified atom stereocenters. The molecule has 0 amide bonds. The maximum atomic E-state index is 14.4. The summed E-state index contributed by atoms with van der Waals surface area (Å²) >= 11 is 1.25. The summed E-state index contributed by atoms with van der Waals surface area (Å²) in [4.78, 5) is 20.1. The van der Waals surface area contributed by atoms with Gasteiger partial charge in [-0.1, -0.05) is 41.7 Å². The van der Waals surface area contributed by atoms with E-state index in [-0.39, 0.29) is 11.6 Å². The SMILES string of the molecule is O=C(O)[C@@H]1CCN(c2cccc(CN(CCc3ccc(OC(F)(F)F)cc3)c3nc4cccc(F)c4s3)c2)C1. The van der Waals surface area contributed by atoms with E-state index in [9.17, 15) is 27.5 Å². The topological polar surface area (TPSA) is 65.9 Å². The number of anilines is 2. The largest absolute Gasteiger partial charge is 0.573 e. The van der Waals surface area contributed by atoms with E-state index < -0.39 is 18.2 Å². The second-order valence-electron chi connectivity index (χ2n) is 9.39. The van der Waals surface area contributed by atoms with Gasteiger partial charge in [-0.15, -0.1) is 13.2 Å². The maximum Gasteiger partial charge on any atom is 0.573 e. The third-order valence-electron chi connectivity index (χ3n) is 6.64. The van der Waals surface area contributed by atoms with E-state index in [1.165, 1.54) is 29.5 Å². The van der Waals surface area contributed by atoms with E-state index in [1.54, 1.807) is 24.3 Å². The molecule has 4 aromatic rings. The average Bonchev–Trinajstić information content (AvgIpc) is 3.56. The molecule has 1 N–H and O–H groups in total. The normalized spacial score (nSPS) is 15.6. The number of carbonyl (C=O) groups is 1. The number of aliphatic carboxylic acids is 1. The summed E-state index contributed by atoms with van der Waals surface area (Å²) in [6.45, 7) is 2.06. The van der Waals surface area contributed by atoms with Crippen molar-refractivity contribution >= 4 is 38.3 Å². The Labute approximate surface area is 226 Å². The molecule has 2 heterocycles. The lowest BCUT2D eigenvalue weighted by Crippen LogP contribution is -2.26. The molecule has 11 heteroatoms. The van der Waals surface area contributed by atoms with Gasteiger partial charge in [0, 0.05) is 31.9 Å². The van der Waals surface area contributed by atoms with E-state index >= 15 is 0 Å². The molecule has 5 rings (SSSR count). The van der Waals surface area contributed by atoms with Crippen molar-refractivity contribution in [1.82, 2.24) is 4.98 Å². The lowest BCUT2D eigenvalue weighted by atomic mass is 10.1. The van der Waals surface area contributed by atoms with Gasteiger partial charge < -0.3 is 19.6 Å². The maximum absolute atomic E-state index is 14.4. The second kappa shape index (κ2) is 11.1. The second-order valence-corrected chi connectivity index (χ2v) is 10.4. The number of benzene rings is 3. The fourth-order valence-electron chi connectivity index (χ4n) is 4.67. The molecular weight excluding hydrogens is 534 g/mol. The van der Waals surface area contributed by atoms with E-state index in [1.807, 2.05) is 29.2 Å². The fraction of sp³-hybridized carbons (Fsp3) is 0.286. The van der Waals surface area contributed by atoms with Gasteiger partial charge >= 0.3 is 12.3 Å². The number of halogens is 4. The Hall–Kier alpha value is -3.86. The highest BCUT2D eigenvalue weighted by Gasteiger charge is 2.31. The van der Waals surface area contributed by atoms with Crippen LogP contribution in [0.1, 0.15) is 17.5 Å². The van der Waals surface area contributed by atoms with Gasteiger partial charge in [-0.05, 0) is 60.4 Å². The Bertz CT molecular complexity index is 1460. The molecule has 3 aromatic carbocycles. The monoisotopic (exact) mass is 559 g/mol. The molecule has 6 nitrogen and oxygen atoms in total. The molecule has 0 bridgehead atoms. The molecule has 39 heavy (non-hydrogen) atoms. The highest BCUT2D eigenvalue weighted by atomic mass is 32.1. The van der Waals surface area contributed by atoms with Crippen LogP contribution in [0.5, 0.6) is 5.75 Å². The Balaban J connectivity index is 1.36. The summed E-state index contributed by atoms with van der Waals surface area (Å²) in [5.41, 5.74) is 3.28. The molecule has 0 spiro atoms. The van der Waals surface area contributed by atoms with Gasteiger partial charge in [0.25, 0.3) is 0 Å². The third-order valence-corrected chi connectivity index (χ3v) is 7.78. The highest BCUT2D eigenvalue weighted by Crippen LogP contribution is 2.33. The summed E-state index contributed by atoms with van der Waals surface area (Å²) in [7, 11) is 0. The van der Waals surface area contributed by atoms with Crippen molar-refractivity contribution in [1.29, 1.82) is 0 Å². The number of aromatic nitrogens is 1. The van der Waals surface area contributed by atoms with Crippen molar-refractivity contribution in [2.45, 2.75) is 25.7 Å². The highest BCUT2D eigenvalue weighted by molar-refractivity contribution is 7.22. The summed E-state index contributed by atoms with van der Waals surface area (Å²) in [6.07, 6.45) is -3.65. The van der Waals surface area contributed by atoms with Gasteiger partial charge in [0.15, 0.2) is 5.13 Å². The van der Waals surface area contributed by atoms with Crippen molar-refractivity contribution in [2.24, 2.45) is 5.92 Å². The van der Waals surface area contributed by atoms with Crippen molar-refractivity contribution in [3.05, 3.63) is 83.7 Å². The zero-order valence-electron chi connectivity index (χ0n) is 20.7. The first-order valence-corrected chi connectivity index (χ1v) is 13.2. The molecule has 1 saturated heterocycles. The van der Waals surface area contributed by atoms with Gasteiger partial charge in [-0.2, -0.15) is 0 Å². The minimum absolute atomic E-state index is 0.284. The van der Waals surface area contributed by atoms with Crippen LogP contribution in [-0.2, 0) is 17.8 Å². The molecule has 1 aromatic heterocycles. The fourth-order valence-corrected chi connectivity index (χ4v) is 5.67. The number of hydrogen-bond donors (Lipinski definition) is 1. The van der Waals surface area contributed by atoms with Crippen LogP contribution in [0.15, 0.2) is 66.7 Å². The number of carboxylic acid groups (broad SMARTS) is 1. The molecule has 0 radical (unpaired) electrons. The van der Waals surface area contributed by atoms with Gasteiger partial charge in [0.1, 0.15) is 11.6 Å². The Kier molecular flexibility index (Phi) is 7.60. The van der Waals surface area contributed by atoms with E-state index in [0.29, 0.717) is 54.4 Å². The van der Waals surface area contributed by atoms with Gasteiger partial charge in [-0.25, -0.2) is 9.37 Å². The third kappa shape index (κ3) is 6.59. The van der Waals surface area contributed by atoms with Crippen LogP contribution in [0.4, 0.5) is 28.4 Å². The van der Waals surface area contributed by atoms with Gasteiger partial charge in [-0.3, -0.25) is 4.79 Å². The first kappa shape index (κ1) is 26.7. The lowest BCUT2D eigenvalue weighted by Gasteiger charge is -2.24. The number of rotatable bonds is 9. The standard InChI is InChI=1S/C28H25F4N3O3S/c29-23-5-2-6-24-25(23)39-27(33-24)35(13-11-18-7-9-22(10-8-18)38-28(30,31)32)16-19-3-1-4-21(15-19)34-14-12-20(17-34)26(36)37/h1-10,15,20H,11-14,16-17H2,(H,36,37)/t20-/m1/s1. The summed E-state index contributed by atoms with van der Waals surface area (Å²) in [6, 6.07) is 18.4. The Morgan fingerprint density at radius 3 is 2.56 bits per heavy atom. The van der Waals surface area contributed by atoms with Crippen molar-refractivity contribution in [3.8, 4) is 5.75 Å². The zero-order chi connectivity index (χ0) is 27.6. The minimum Gasteiger partial charge on any atom is -0.481 e. The first-order chi connectivity index (χ1) is 18.6. The van der Waals surface area contributed by atoms with Crippen LogP contribution < -0.4 is 14.5 Å². The molecule has 1 aliphatic rings.